The smallest absolute Gasteiger partial charge is 0.207 e. The van der Waals surface area contributed by atoms with Gasteiger partial charge < -0.3 is 0 Å². The summed E-state index contributed by atoms with van der Waals surface area (Å²) in [5.74, 6) is -0.900. The molecule has 0 radical (unpaired) electrons. The first kappa shape index (κ1) is 21.5. The van der Waals surface area contributed by atoms with Crippen LogP contribution in [0.1, 0.15) is 16.7 Å². The van der Waals surface area contributed by atoms with E-state index >= 15 is 0 Å². The molecule has 0 heterocycles. The van der Waals surface area contributed by atoms with Gasteiger partial charge in [-0.05, 0) is 42.0 Å². The van der Waals surface area contributed by atoms with Crippen molar-refractivity contribution in [1.29, 1.82) is 0 Å². The van der Waals surface area contributed by atoms with E-state index in [9.17, 15) is 39.2 Å². The van der Waals surface area contributed by atoms with E-state index in [1.165, 1.54) is 0 Å². The topological polar surface area (TPSA) is 46.2 Å². The first-order chi connectivity index (χ1) is 12.2. The lowest BCUT2D eigenvalue weighted by atomic mass is 10.0. The summed E-state index contributed by atoms with van der Waals surface area (Å²) < 4.78 is 116. The van der Waals surface area contributed by atoms with Gasteiger partial charge in [-0.25, -0.2) is 17.5 Å². The van der Waals surface area contributed by atoms with Gasteiger partial charge in [0.15, 0.2) is 0 Å². The number of sulfonamides is 1. The first-order valence-corrected chi connectivity index (χ1v) is 8.79. The molecule has 0 aliphatic heterocycles. The molecule has 0 fully saturated rings. The Bertz CT molecular complexity index is 923. The standard InChI is InChI=1S/C15H9ClF7NO2S/c16-12-6-11(1-2-13(12)17)27(25,26)24-7-8-3-9(14(18,19)20)5-10(4-8)15(21,22)23/h1-6,24H,7H2. The number of hydrogen-bond acceptors (Lipinski definition) is 2. The van der Waals surface area contributed by atoms with Crippen LogP contribution in [-0.2, 0) is 28.9 Å². The highest BCUT2D eigenvalue weighted by atomic mass is 35.5. The third-order valence-corrected chi connectivity index (χ3v) is 5.00. The van der Waals surface area contributed by atoms with E-state index < -0.39 is 61.3 Å². The zero-order valence-corrected chi connectivity index (χ0v) is 14.5. The van der Waals surface area contributed by atoms with Gasteiger partial charge in [0, 0.05) is 6.54 Å². The summed E-state index contributed by atoms with van der Waals surface area (Å²) in [6, 6.07) is 3.08. The molecule has 0 unspecified atom stereocenters. The predicted molar refractivity (Wildman–Crippen MR) is 81.9 cm³/mol. The molecule has 12 heteroatoms. The number of alkyl halides is 6. The van der Waals surface area contributed by atoms with Crippen molar-refractivity contribution in [3.05, 3.63) is 63.9 Å². The van der Waals surface area contributed by atoms with Gasteiger partial charge in [-0.15, -0.1) is 0 Å². The second-order valence-electron chi connectivity index (χ2n) is 5.31. The molecule has 2 aromatic carbocycles. The normalized spacial score (nSPS) is 13.0. The minimum Gasteiger partial charge on any atom is -0.207 e. The van der Waals surface area contributed by atoms with Crippen LogP contribution in [0.25, 0.3) is 0 Å². The Morgan fingerprint density at radius 1 is 0.889 bits per heavy atom. The van der Waals surface area contributed by atoms with Crippen molar-refractivity contribution in [2.75, 3.05) is 0 Å². The van der Waals surface area contributed by atoms with Crippen molar-refractivity contribution in [3.63, 3.8) is 0 Å². The van der Waals surface area contributed by atoms with Crippen LogP contribution in [0.5, 0.6) is 0 Å². The van der Waals surface area contributed by atoms with E-state index in [-0.39, 0.29) is 6.07 Å². The second-order valence-corrected chi connectivity index (χ2v) is 7.49. The highest BCUT2D eigenvalue weighted by Crippen LogP contribution is 2.36. The molecule has 0 spiro atoms. The van der Waals surface area contributed by atoms with Crippen LogP contribution >= 0.6 is 11.6 Å². The fourth-order valence-electron chi connectivity index (χ4n) is 2.03. The molecule has 0 amide bonds. The number of nitrogens with one attached hydrogen (secondary N) is 1. The molecule has 0 atom stereocenters. The average Bonchev–Trinajstić information content (AvgIpc) is 2.53. The van der Waals surface area contributed by atoms with Crippen LogP contribution in [0.15, 0.2) is 41.3 Å². The van der Waals surface area contributed by atoms with E-state index in [2.05, 4.69) is 0 Å². The fourth-order valence-corrected chi connectivity index (χ4v) is 3.32. The zero-order valence-electron chi connectivity index (χ0n) is 12.9. The van der Waals surface area contributed by atoms with Gasteiger partial charge in [-0.2, -0.15) is 26.3 Å². The summed E-state index contributed by atoms with van der Waals surface area (Å²) in [6.07, 6.45) is -10.1. The van der Waals surface area contributed by atoms with E-state index in [4.69, 9.17) is 11.6 Å². The third kappa shape index (κ3) is 5.33. The Morgan fingerprint density at radius 2 is 1.41 bits per heavy atom. The molecule has 27 heavy (non-hydrogen) atoms. The Hall–Kier alpha value is -1.85. The van der Waals surface area contributed by atoms with Crippen LogP contribution in [0.4, 0.5) is 30.7 Å². The van der Waals surface area contributed by atoms with Gasteiger partial charge >= 0.3 is 12.4 Å². The number of benzene rings is 2. The van der Waals surface area contributed by atoms with Gasteiger partial charge in [0.25, 0.3) is 0 Å². The molecule has 0 bridgehead atoms. The number of halogens is 8. The van der Waals surface area contributed by atoms with E-state index in [0.29, 0.717) is 12.1 Å². The summed E-state index contributed by atoms with van der Waals surface area (Å²) in [6.45, 7) is -0.857. The highest BCUT2D eigenvalue weighted by Gasteiger charge is 2.36. The molecular weight excluding hydrogens is 427 g/mol. The Balaban J connectivity index is 2.35. The lowest BCUT2D eigenvalue weighted by molar-refractivity contribution is -0.143. The van der Waals surface area contributed by atoms with Crippen molar-refractivity contribution in [1.82, 2.24) is 4.72 Å². The van der Waals surface area contributed by atoms with Crippen molar-refractivity contribution in [2.24, 2.45) is 0 Å². The fraction of sp³-hybridized carbons (Fsp3) is 0.200. The molecule has 0 saturated heterocycles. The largest absolute Gasteiger partial charge is 0.416 e. The molecule has 3 nitrogen and oxygen atoms in total. The Labute approximate surface area is 153 Å². The maximum Gasteiger partial charge on any atom is 0.416 e. The van der Waals surface area contributed by atoms with Crippen LogP contribution in [0.3, 0.4) is 0 Å². The molecule has 2 aromatic rings. The molecule has 2 rings (SSSR count). The first-order valence-electron chi connectivity index (χ1n) is 6.93. The quantitative estimate of drug-likeness (QED) is 0.687. The summed E-state index contributed by atoms with van der Waals surface area (Å²) in [5, 5.41) is -0.517. The molecule has 148 valence electrons. The lowest BCUT2D eigenvalue weighted by Gasteiger charge is -2.14. The molecule has 1 N–H and O–H groups in total. The zero-order chi connectivity index (χ0) is 20.6. The second kappa shape index (κ2) is 7.28. The van der Waals surface area contributed by atoms with Crippen LogP contribution in [0.2, 0.25) is 5.02 Å². The summed E-state index contributed by atoms with van der Waals surface area (Å²) in [7, 11) is -4.36. The molecule has 0 aromatic heterocycles. The Kier molecular flexibility index (Phi) is 5.79. The lowest BCUT2D eigenvalue weighted by Crippen LogP contribution is -2.24. The Morgan fingerprint density at radius 3 is 1.85 bits per heavy atom. The maximum atomic E-state index is 13.1. The van der Waals surface area contributed by atoms with Gasteiger partial charge in [-0.1, -0.05) is 11.6 Å². The van der Waals surface area contributed by atoms with Crippen LogP contribution < -0.4 is 4.72 Å². The predicted octanol–water partition coefficient (Wildman–Crippen LogP) is 5.00. The van der Waals surface area contributed by atoms with Crippen LogP contribution in [-0.4, -0.2) is 8.42 Å². The minimum absolute atomic E-state index is 0.0717. The molecule has 0 aliphatic rings. The monoisotopic (exact) mass is 435 g/mol. The van der Waals surface area contributed by atoms with Crippen molar-refractivity contribution in [2.45, 2.75) is 23.8 Å². The van der Waals surface area contributed by atoms with E-state index in [1.807, 2.05) is 4.72 Å². The van der Waals surface area contributed by atoms with Crippen molar-refractivity contribution < 1.29 is 39.2 Å². The minimum atomic E-state index is -5.06. The summed E-state index contributed by atoms with van der Waals surface area (Å²) in [4.78, 5) is -0.503. The van der Waals surface area contributed by atoms with Gasteiger partial charge in [0.05, 0.1) is 21.0 Å². The molecule has 0 saturated carbocycles. The van der Waals surface area contributed by atoms with E-state index in [1.54, 1.807) is 0 Å². The summed E-state index contributed by atoms with van der Waals surface area (Å²) >= 11 is 5.46. The summed E-state index contributed by atoms with van der Waals surface area (Å²) in [5.41, 5.74) is -3.71. The molecule has 0 aliphatic carbocycles. The number of rotatable bonds is 4. The highest BCUT2D eigenvalue weighted by molar-refractivity contribution is 7.89. The number of hydrogen-bond donors (Lipinski definition) is 1. The third-order valence-electron chi connectivity index (χ3n) is 3.32. The van der Waals surface area contributed by atoms with Crippen molar-refractivity contribution >= 4 is 21.6 Å². The average molecular weight is 436 g/mol. The van der Waals surface area contributed by atoms with Crippen LogP contribution in [0, 0.1) is 5.82 Å². The van der Waals surface area contributed by atoms with E-state index in [0.717, 1.165) is 18.2 Å². The van der Waals surface area contributed by atoms with Crippen molar-refractivity contribution in [3.8, 4) is 0 Å². The van der Waals surface area contributed by atoms with Gasteiger partial charge in [0.1, 0.15) is 5.82 Å². The van der Waals surface area contributed by atoms with Gasteiger partial charge in [-0.3, -0.25) is 0 Å². The molecular formula is C15H9ClF7NO2S. The van der Waals surface area contributed by atoms with Gasteiger partial charge in [0.2, 0.25) is 10.0 Å². The maximum absolute atomic E-state index is 13.1. The SMILES string of the molecule is O=S(=O)(NCc1cc(C(F)(F)F)cc(C(F)(F)F)c1)c1ccc(F)c(Cl)c1.